The molecule has 1 unspecified atom stereocenters. The van der Waals surface area contributed by atoms with Crippen LogP contribution in [0.25, 0.3) is 0 Å². The van der Waals surface area contributed by atoms with Gasteiger partial charge in [0.1, 0.15) is 6.04 Å². The number of piperazine rings is 1. The van der Waals surface area contributed by atoms with Crippen LogP contribution >= 0.6 is 0 Å². The predicted octanol–water partition coefficient (Wildman–Crippen LogP) is 1.03. The number of ether oxygens (including phenoxy) is 2. The smallest absolute Gasteiger partial charge is 0.405 e. The molecule has 1 aromatic rings. The van der Waals surface area contributed by atoms with Crippen molar-refractivity contribution in [1.82, 2.24) is 15.5 Å². The first kappa shape index (κ1) is 19.3. The fraction of sp³-hybridized carbons (Fsp3) is 0.562. The summed E-state index contributed by atoms with van der Waals surface area (Å²) in [5, 5.41) is 5.31. The molecule has 2 rings (SSSR count). The summed E-state index contributed by atoms with van der Waals surface area (Å²) in [5.41, 5.74) is 0. The van der Waals surface area contributed by atoms with Crippen molar-refractivity contribution < 1.29 is 27.4 Å². The first-order chi connectivity index (χ1) is 11.9. The normalized spacial score (nSPS) is 17.0. The van der Waals surface area contributed by atoms with E-state index in [-0.39, 0.29) is 19.7 Å². The second kappa shape index (κ2) is 8.91. The van der Waals surface area contributed by atoms with Gasteiger partial charge in [-0.1, -0.05) is 12.1 Å². The van der Waals surface area contributed by atoms with E-state index in [0.717, 1.165) is 0 Å². The van der Waals surface area contributed by atoms with E-state index in [1.165, 1.54) is 12.0 Å². The highest BCUT2D eigenvalue weighted by atomic mass is 19.4. The van der Waals surface area contributed by atoms with Crippen LogP contribution < -0.4 is 20.1 Å². The molecule has 1 atom stereocenters. The van der Waals surface area contributed by atoms with Crippen molar-refractivity contribution in [1.29, 1.82) is 0 Å². The average molecular weight is 361 g/mol. The van der Waals surface area contributed by atoms with Crippen LogP contribution in [-0.4, -0.2) is 69.5 Å². The third-order valence-corrected chi connectivity index (χ3v) is 3.89. The van der Waals surface area contributed by atoms with E-state index < -0.39 is 24.7 Å². The Morgan fingerprint density at radius 2 is 1.92 bits per heavy atom. The van der Waals surface area contributed by atoms with Crippen LogP contribution in [0, 0.1) is 0 Å². The molecule has 1 aliphatic rings. The van der Waals surface area contributed by atoms with E-state index >= 15 is 0 Å². The van der Waals surface area contributed by atoms with Gasteiger partial charge in [0.25, 0.3) is 5.91 Å². The number of nitrogens with one attached hydrogen (secondary N) is 2. The summed E-state index contributed by atoms with van der Waals surface area (Å²) in [7, 11) is 1.46. The maximum Gasteiger partial charge on any atom is 0.405 e. The van der Waals surface area contributed by atoms with Gasteiger partial charge in [0.15, 0.2) is 18.1 Å². The molecule has 140 valence electrons. The number of alkyl halides is 3. The summed E-state index contributed by atoms with van der Waals surface area (Å²) >= 11 is 0. The molecule has 1 amide bonds. The number of amides is 1. The van der Waals surface area contributed by atoms with Crippen LogP contribution in [0.4, 0.5) is 13.2 Å². The quantitative estimate of drug-likeness (QED) is 0.760. The van der Waals surface area contributed by atoms with Gasteiger partial charge in [-0.3, -0.25) is 9.69 Å². The van der Waals surface area contributed by atoms with Crippen molar-refractivity contribution in [2.75, 3.05) is 46.4 Å². The van der Waals surface area contributed by atoms with Gasteiger partial charge in [0.05, 0.1) is 7.11 Å². The van der Waals surface area contributed by atoms with Gasteiger partial charge in [-0.25, -0.2) is 0 Å². The van der Waals surface area contributed by atoms with E-state index in [4.69, 9.17) is 9.47 Å². The highest BCUT2D eigenvalue weighted by molar-refractivity contribution is 5.77. The molecule has 0 spiro atoms. The molecule has 1 saturated heterocycles. The molecular formula is C16H22F3N3O3. The molecule has 9 heteroatoms. The predicted molar refractivity (Wildman–Crippen MR) is 85.8 cm³/mol. The van der Waals surface area contributed by atoms with Crippen LogP contribution in [0.15, 0.2) is 24.3 Å². The van der Waals surface area contributed by atoms with Crippen molar-refractivity contribution >= 4 is 5.91 Å². The Hall–Kier alpha value is -2.00. The summed E-state index contributed by atoms with van der Waals surface area (Å²) in [4.78, 5) is 13.2. The molecule has 0 bridgehead atoms. The van der Waals surface area contributed by atoms with E-state index in [9.17, 15) is 18.0 Å². The summed E-state index contributed by atoms with van der Waals surface area (Å²) in [6.45, 7) is 0.689. The summed E-state index contributed by atoms with van der Waals surface area (Å²) in [5.74, 6) is 0.189. The van der Waals surface area contributed by atoms with Gasteiger partial charge < -0.3 is 20.1 Å². The highest BCUT2D eigenvalue weighted by Gasteiger charge is 2.43. The maximum absolute atomic E-state index is 13.2. The first-order valence-electron chi connectivity index (χ1n) is 7.96. The third kappa shape index (κ3) is 5.79. The van der Waals surface area contributed by atoms with Gasteiger partial charge in [-0.05, 0) is 12.1 Å². The second-order valence-electron chi connectivity index (χ2n) is 5.59. The zero-order valence-electron chi connectivity index (χ0n) is 13.9. The van der Waals surface area contributed by atoms with Crippen LogP contribution in [0.2, 0.25) is 0 Å². The van der Waals surface area contributed by atoms with Crippen molar-refractivity contribution in [3.63, 3.8) is 0 Å². The van der Waals surface area contributed by atoms with Crippen molar-refractivity contribution in [2.24, 2.45) is 0 Å². The number of carbonyl (C=O) groups is 1. The molecule has 1 fully saturated rings. The number of carbonyl (C=O) groups excluding carboxylic acids is 1. The lowest BCUT2D eigenvalue weighted by atomic mass is 10.2. The van der Waals surface area contributed by atoms with Crippen LogP contribution in [0.3, 0.4) is 0 Å². The number of halogens is 3. The SMILES string of the molecule is COc1ccccc1OCC(=O)NCC(N1CCNCC1)C(F)(F)F. The molecule has 0 aromatic heterocycles. The molecule has 1 aliphatic heterocycles. The van der Waals surface area contributed by atoms with Crippen molar-refractivity contribution in [2.45, 2.75) is 12.2 Å². The van der Waals surface area contributed by atoms with Crippen LogP contribution in [-0.2, 0) is 4.79 Å². The minimum absolute atomic E-state index is 0.289. The zero-order chi connectivity index (χ0) is 18.3. The van der Waals surface area contributed by atoms with Gasteiger partial charge in [0.2, 0.25) is 0 Å². The van der Waals surface area contributed by atoms with E-state index in [1.54, 1.807) is 24.3 Å². The molecule has 6 nitrogen and oxygen atoms in total. The standard InChI is InChI=1S/C16H22F3N3O3/c1-24-12-4-2-3-5-13(12)25-11-15(23)21-10-14(16(17,18)19)22-8-6-20-7-9-22/h2-5,14,20H,6-11H2,1H3,(H,21,23). The first-order valence-corrected chi connectivity index (χ1v) is 7.96. The number of rotatable bonds is 7. The Morgan fingerprint density at radius 1 is 1.28 bits per heavy atom. The number of hydrogen-bond donors (Lipinski definition) is 2. The van der Waals surface area contributed by atoms with Gasteiger partial charge in [0, 0.05) is 32.7 Å². The Labute approximate surface area is 144 Å². The maximum atomic E-state index is 13.2. The van der Waals surface area contributed by atoms with Crippen molar-refractivity contribution in [3.05, 3.63) is 24.3 Å². The number of nitrogens with zero attached hydrogens (tertiary/aromatic N) is 1. The molecule has 0 saturated carbocycles. The Morgan fingerprint density at radius 3 is 2.52 bits per heavy atom. The number of hydrogen-bond acceptors (Lipinski definition) is 5. The summed E-state index contributed by atoms with van der Waals surface area (Å²) in [6.07, 6.45) is -4.41. The Kier molecular flexibility index (Phi) is 6.89. The third-order valence-electron chi connectivity index (χ3n) is 3.89. The highest BCUT2D eigenvalue weighted by Crippen LogP contribution is 2.26. The summed E-state index contributed by atoms with van der Waals surface area (Å²) in [6, 6.07) is 5.03. The van der Waals surface area contributed by atoms with Gasteiger partial charge >= 0.3 is 6.18 Å². The minimum Gasteiger partial charge on any atom is -0.493 e. The Balaban J connectivity index is 1.86. The topological polar surface area (TPSA) is 62.8 Å². The largest absolute Gasteiger partial charge is 0.493 e. The minimum atomic E-state index is -4.41. The lowest BCUT2D eigenvalue weighted by molar-refractivity contribution is -0.184. The molecule has 2 N–H and O–H groups in total. The lowest BCUT2D eigenvalue weighted by Gasteiger charge is -2.35. The van der Waals surface area contributed by atoms with Gasteiger partial charge in [-0.2, -0.15) is 13.2 Å². The average Bonchev–Trinajstić information content (AvgIpc) is 2.60. The fourth-order valence-corrected chi connectivity index (χ4v) is 2.59. The molecule has 0 radical (unpaired) electrons. The molecule has 0 aliphatic carbocycles. The molecular weight excluding hydrogens is 339 g/mol. The number of para-hydroxylation sites is 2. The monoisotopic (exact) mass is 361 g/mol. The molecule has 1 heterocycles. The van der Waals surface area contributed by atoms with Crippen LogP contribution in [0.5, 0.6) is 11.5 Å². The summed E-state index contributed by atoms with van der Waals surface area (Å²) < 4.78 is 50.1. The molecule has 1 aromatic carbocycles. The van der Waals surface area contributed by atoms with Gasteiger partial charge in [-0.15, -0.1) is 0 Å². The number of benzene rings is 1. The van der Waals surface area contributed by atoms with E-state index in [1.807, 2.05) is 0 Å². The van der Waals surface area contributed by atoms with Crippen molar-refractivity contribution in [3.8, 4) is 11.5 Å². The van der Waals surface area contributed by atoms with Crippen LogP contribution in [0.1, 0.15) is 0 Å². The fourth-order valence-electron chi connectivity index (χ4n) is 2.59. The zero-order valence-corrected chi connectivity index (χ0v) is 13.9. The van der Waals surface area contributed by atoms with E-state index in [0.29, 0.717) is 24.6 Å². The number of methoxy groups -OCH3 is 1. The molecule has 25 heavy (non-hydrogen) atoms. The van der Waals surface area contributed by atoms with E-state index in [2.05, 4.69) is 10.6 Å². The lowest BCUT2D eigenvalue weighted by Crippen LogP contribution is -2.57. The Bertz CT molecular complexity index is 563. The second-order valence-corrected chi connectivity index (χ2v) is 5.59.